The zero-order valence-electron chi connectivity index (χ0n) is 15.4. The van der Waals surface area contributed by atoms with E-state index in [1.54, 1.807) is 6.26 Å². The van der Waals surface area contributed by atoms with Crippen LogP contribution < -0.4 is 11.1 Å². The highest BCUT2D eigenvalue weighted by atomic mass is 16.5. The molecule has 5 rings (SSSR count). The summed E-state index contributed by atoms with van der Waals surface area (Å²) in [6.07, 6.45) is 2.59. The third-order valence-electron chi connectivity index (χ3n) is 4.79. The summed E-state index contributed by atoms with van der Waals surface area (Å²) >= 11 is 0. The van der Waals surface area contributed by atoms with Crippen LogP contribution in [-0.4, -0.2) is 48.8 Å². The van der Waals surface area contributed by atoms with Crippen molar-refractivity contribution < 1.29 is 8.94 Å². The number of furan rings is 1. The number of aryl methyl sites for hydroxylation is 1. The molecule has 144 valence electrons. The predicted molar refractivity (Wildman–Crippen MR) is 101 cm³/mol. The van der Waals surface area contributed by atoms with E-state index in [1.165, 1.54) is 4.52 Å². The Bertz CT molecular complexity index is 1100. The number of likely N-dealkylation sites (tertiary alicyclic amines) is 1. The lowest BCUT2D eigenvalue weighted by atomic mass is 10.3. The Morgan fingerprint density at radius 2 is 2.25 bits per heavy atom. The molecule has 28 heavy (non-hydrogen) atoms. The van der Waals surface area contributed by atoms with Crippen LogP contribution in [0.25, 0.3) is 17.1 Å². The molecule has 0 radical (unpaired) electrons. The van der Waals surface area contributed by atoms with Crippen molar-refractivity contribution in [2.24, 2.45) is 0 Å². The van der Waals surface area contributed by atoms with Crippen LogP contribution in [-0.2, 0) is 6.54 Å². The zero-order valence-corrected chi connectivity index (χ0v) is 15.4. The molecule has 3 N–H and O–H groups in total. The van der Waals surface area contributed by atoms with Crippen molar-refractivity contribution in [3.05, 3.63) is 42.0 Å². The predicted octanol–water partition coefficient (Wildman–Crippen LogP) is 1.95. The molecule has 0 aliphatic carbocycles. The number of nitrogen functional groups attached to an aromatic ring is 1. The van der Waals surface area contributed by atoms with Gasteiger partial charge in [0.25, 0.3) is 0 Å². The van der Waals surface area contributed by atoms with Gasteiger partial charge in [0.15, 0.2) is 11.4 Å². The highest BCUT2D eigenvalue weighted by molar-refractivity contribution is 5.61. The van der Waals surface area contributed by atoms with E-state index < -0.39 is 0 Å². The van der Waals surface area contributed by atoms with Gasteiger partial charge in [-0.1, -0.05) is 5.16 Å². The van der Waals surface area contributed by atoms with Crippen LogP contribution >= 0.6 is 0 Å². The largest absolute Gasteiger partial charge is 0.463 e. The first kappa shape index (κ1) is 16.8. The van der Waals surface area contributed by atoms with Crippen molar-refractivity contribution in [2.75, 3.05) is 24.1 Å². The van der Waals surface area contributed by atoms with Crippen LogP contribution in [0.4, 0.5) is 11.9 Å². The first-order valence-electron chi connectivity index (χ1n) is 9.12. The maximum atomic E-state index is 6.08. The average Bonchev–Trinajstić information content (AvgIpc) is 3.43. The number of aromatic nitrogens is 5. The summed E-state index contributed by atoms with van der Waals surface area (Å²) in [7, 11) is 0. The van der Waals surface area contributed by atoms with E-state index in [0.29, 0.717) is 23.0 Å². The highest BCUT2D eigenvalue weighted by Gasteiger charge is 2.24. The first-order chi connectivity index (χ1) is 13.6. The lowest BCUT2D eigenvalue weighted by molar-refractivity contribution is 0.309. The van der Waals surface area contributed by atoms with Crippen LogP contribution in [0, 0.1) is 6.92 Å². The minimum Gasteiger partial charge on any atom is -0.463 e. The molecule has 0 spiro atoms. The van der Waals surface area contributed by atoms with Gasteiger partial charge in [-0.15, -0.1) is 0 Å². The van der Waals surface area contributed by atoms with Crippen molar-refractivity contribution in [3.63, 3.8) is 0 Å². The molecule has 1 saturated heterocycles. The molecule has 1 unspecified atom stereocenters. The average molecular weight is 380 g/mol. The van der Waals surface area contributed by atoms with Crippen LogP contribution in [0.1, 0.15) is 17.9 Å². The van der Waals surface area contributed by atoms with Gasteiger partial charge in [-0.25, -0.2) is 0 Å². The normalized spacial score (nSPS) is 17.5. The maximum absolute atomic E-state index is 6.08. The smallest absolute Gasteiger partial charge is 0.228 e. The number of nitrogens with two attached hydrogens (primary N) is 1. The fourth-order valence-corrected chi connectivity index (χ4v) is 3.52. The monoisotopic (exact) mass is 380 g/mol. The van der Waals surface area contributed by atoms with Crippen molar-refractivity contribution in [2.45, 2.75) is 25.9 Å². The van der Waals surface area contributed by atoms with Gasteiger partial charge in [-0.3, -0.25) is 4.90 Å². The van der Waals surface area contributed by atoms with E-state index in [-0.39, 0.29) is 12.0 Å². The molecule has 4 aromatic rings. The Morgan fingerprint density at radius 1 is 1.32 bits per heavy atom. The molecule has 1 atom stereocenters. The fraction of sp³-hybridized carbons (Fsp3) is 0.333. The molecule has 0 amide bonds. The van der Waals surface area contributed by atoms with Gasteiger partial charge >= 0.3 is 0 Å². The number of hydrogen-bond donors (Lipinski definition) is 2. The third-order valence-corrected chi connectivity index (χ3v) is 4.79. The van der Waals surface area contributed by atoms with Gasteiger partial charge in [0.2, 0.25) is 11.9 Å². The van der Waals surface area contributed by atoms with E-state index >= 15 is 0 Å². The van der Waals surface area contributed by atoms with Crippen LogP contribution in [0.2, 0.25) is 0 Å². The Morgan fingerprint density at radius 3 is 3.04 bits per heavy atom. The van der Waals surface area contributed by atoms with Crippen molar-refractivity contribution in [1.82, 2.24) is 29.6 Å². The summed E-state index contributed by atoms with van der Waals surface area (Å²) in [5.74, 6) is 2.27. The lowest BCUT2D eigenvalue weighted by Crippen LogP contribution is -2.27. The zero-order chi connectivity index (χ0) is 19.1. The molecule has 1 aliphatic rings. The van der Waals surface area contributed by atoms with E-state index in [4.69, 9.17) is 14.7 Å². The molecule has 0 saturated carbocycles. The van der Waals surface area contributed by atoms with E-state index in [2.05, 4.69) is 30.4 Å². The molecule has 10 nitrogen and oxygen atoms in total. The summed E-state index contributed by atoms with van der Waals surface area (Å²) in [5, 5.41) is 11.9. The fourth-order valence-electron chi connectivity index (χ4n) is 3.52. The summed E-state index contributed by atoms with van der Waals surface area (Å²) < 4.78 is 12.0. The first-order valence-corrected chi connectivity index (χ1v) is 9.12. The van der Waals surface area contributed by atoms with Gasteiger partial charge in [-0.05, 0) is 25.5 Å². The van der Waals surface area contributed by atoms with Crippen molar-refractivity contribution in [1.29, 1.82) is 0 Å². The second kappa shape index (κ2) is 6.64. The number of anilines is 2. The summed E-state index contributed by atoms with van der Waals surface area (Å²) in [4.78, 5) is 11.2. The summed E-state index contributed by atoms with van der Waals surface area (Å²) in [6.45, 7) is 4.51. The van der Waals surface area contributed by atoms with Gasteiger partial charge in [0.1, 0.15) is 11.5 Å². The highest BCUT2D eigenvalue weighted by Crippen LogP contribution is 2.22. The van der Waals surface area contributed by atoms with Gasteiger partial charge in [0, 0.05) is 37.8 Å². The molecule has 0 aromatic carbocycles. The summed E-state index contributed by atoms with van der Waals surface area (Å²) in [6, 6.07) is 7.69. The SMILES string of the molecule is Cc1cc(CN2CCC(Nc3nc(N)n4nc(-c5ccco5)cc4n3)C2)no1. The minimum absolute atomic E-state index is 0.238. The Hall–Kier alpha value is -3.40. The van der Waals surface area contributed by atoms with Gasteiger partial charge < -0.3 is 20.0 Å². The van der Waals surface area contributed by atoms with E-state index in [1.807, 2.05) is 31.2 Å². The topological polar surface area (TPSA) is 124 Å². The standard InChI is InChI=1S/C18H20N8O2/c1-11-7-13(24-28-11)10-25-5-4-12(9-25)20-18-21-16-8-14(15-3-2-6-27-15)23-26(16)17(19)22-18/h2-3,6-8,12H,4-5,9-10H2,1H3,(H3,19,20,21,22). The number of nitrogens with zero attached hydrogens (tertiary/aromatic N) is 6. The molecular formula is C18H20N8O2. The number of fused-ring (bicyclic) bond motifs is 1. The molecule has 4 aromatic heterocycles. The van der Waals surface area contributed by atoms with Crippen LogP contribution in [0.15, 0.2) is 39.5 Å². The number of rotatable bonds is 5. The van der Waals surface area contributed by atoms with Crippen LogP contribution in [0.3, 0.4) is 0 Å². The van der Waals surface area contributed by atoms with Crippen molar-refractivity contribution in [3.8, 4) is 11.5 Å². The van der Waals surface area contributed by atoms with Crippen LogP contribution in [0.5, 0.6) is 0 Å². The maximum Gasteiger partial charge on any atom is 0.228 e. The Labute approximate surface area is 160 Å². The molecule has 1 aliphatic heterocycles. The van der Waals surface area contributed by atoms with E-state index in [9.17, 15) is 0 Å². The molecule has 0 bridgehead atoms. The van der Waals surface area contributed by atoms with E-state index in [0.717, 1.165) is 37.5 Å². The third kappa shape index (κ3) is 3.18. The molecule has 10 heteroatoms. The Balaban J connectivity index is 1.30. The quantitative estimate of drug-likeness (QED) is 0.534. The second-order valence-corrected chi connectivity index (χ2v) is 6.98. The lowest BCUT2D eigenvalue weighted by Gasteiger charge is -2.15. The minimum atomic E-state index is 0.238. The molecule has 1 fully saturated rings. The summed E-state index contributed by atoms with van der Waals surface area (Å²) in [5.41, 5.74) is 8.31. The van der Waals surface area contributed by atoms with Crippen molar-refractivity contribution >= 4 is 17.5 Å². The number of nitrogens with one attached hydrogen (secondary N) is 1. The van der Waals surface area contributed by atoms with Gasteiger partial charge in [0.05, 0.1) is 12.0 Å². The second-order valence-electron chi connectivity index (χ2n) is 6.98. The number of hydrogen-bond acceptors (Lipinski definition) is 9. The van der Waals surface area contributed by atoms with Gasteiger partial charge in [-0.2, -0.15) is 19.6 Å². The molecular weight excluding hydrogens is 360 g/mol. The Kier molecular flexibility index (Phi) is 3.97. The molecule has 5 heterocycles.